The van der Waals surface area contributed by atoms with Gasteiger partial charge in [-0.2, -0.15) is 0 Å². The lowest BCUT2D eigenvalue weighted by Gasteiger charge is -2.08. The lowest BCUT2D eigenvalue weighted by atomic mass is 10.0. The second-order valence-corrected chi connectivity index (χ2v) is 4.33. The maximum Gasteiger partial charge on any atom is 0.134 e. The third kappa shape index (κ3) is 2.01. The zero-order valence-electron chi connectivity index (χ0n) is 8.59. The van der Waals surface area contributed by atoms with E-state index in [0.717, 1.165) is 11.1 Å². The first-order valence-corrected chi connectivity index (χ1v) is 5.51. The van der Waals surface area contributed by atoms with Crippen LogP contribution in [-0.4, -0.2) is 5.11 Å². The number of hydrogen-bond acceptors (Lipinski definition) is 1. The Labute approximate surface area is 104 Å². The number of hydrogen-bond donors (Lipinski definition) is 1. The zero-order chi connectivity index (χ0) is 11.7. The molecular formula is C13H9Cl2O. The highest BCUT2D eigenvalue weighted by Gasteiger charge is 2.09. The predicted octanol–water partition coefficient (Wildman–Crippen LogP) is 4.47. The Balaban J connectivity index is 2.63. The van der Waals surface area contributed by atoms with E-state index in [1.807, 2.05) is 19.1 Å². The molecule has 2 rings (SSSR count). The molecule has 0 spiro atoms. The molecule has 0 aliphatic heterocycles. The van der Waals surface area contributed by atoms with Gasteiger partial charge in [-0.15, -0.1) is 0 Å². The Morgan fingerprint density at radius 2 is 1.94 bits per heavy atom. The summed E-state index contributed by atoms with van der Waals surface area (Å²) >= 11 is 11.9. The number of phenols is 1. The first kappa shape index (κ1) is 11.3. The minimum absolute atomic E-state index is 0.0600. The number of aromatic hydroxyl groups is 1. The van der Waals surface area contributed by atoms with Crippen molar-refractivity contribution in [1.29, 1.82) is 0 Å². The molecule has 0 bridgehead atoms. The van der Waals surface area contributed by atoms with Crippen LogP contribution in [0, 0.1) is 13.0 Å². The average Bonchev–Trinajstić information content (AvgIpc) is 2.23. The summed E-state index contributed by atoms with van der Waals surface area (Å²) in [5.41, 5.74) is 2.61. The summed E-state index contributed by atoms with van der Waals surface area (Å²) < 4.78 is 0. The van der Waals surface area contributed by atoms with Gasteiger partial charge in [0.2, 0.25) is 0 Å². The summed E-state index contributed by atoms with van der Waals surface area (Å²) in [6.45, 7) is 1.94. The Kier molecular flexibility index (Phi) is 3.08. The summed E-state index contributed by atoms with van der Waals surface area (Å²) in [6.07, 6.45) is 0. The van der Waals surface area contributed by atoms with E-state index in [0.29, 0.717) is 15.6 Å². The van der Waals surface area contributed by atoms with Crippen LogP contribution in [0.4, 0.5) is 0 Å². The van der Waals surface area contributed by atoms with Crippen LogP contribution in [0.15, 0.2) is 30.3 Å². The molecule has 16 heavy (non-hydrogen) atoms. The van der Waals surface area contributed by atoms with Crippen molar-refractivity contribution >= 4 is 23.2 Å². The first-order valence-electron chi connectivity index (χ1n) is 4.75. The highest BCUT2D eigenvalue weighted by atomic mass is 35.5. The van der Waals surface area contributed by atoms with Gasteiger partial charge < -0.3 is 5.11 Å². The zero-order valence-corrected chi connectivity index (χ0v) is 10.1. The molecule has 1 nitrogen and oxygen atoms in total. The lowest BCUT2D eigenvalue weighted by molar-refractivity contribution is 0.476. The topological polar surface area (TPSA) is 20.2 Å². The standard InChI is InChI=1S/C13H9Cl2O/c1-8-7-9(14)5-6-10(8)11-3-2-4-12(16)13(11)15/h2,4-7,16H,1H3. The molecule has 0 unspecified atom stereocenters. The van der Waals surface area contributed by atoms with Gasteiger partial charge in [-0.05, 0) is 48.4 Å². The maximum atomic E-state index is 9.53. The molecule has 1 N–H and O–H groups in total. The molecule has 1 radical (unpaired) electrons. The fourth-order valence-corrected chi connectivity index (χ4v) is 2.02. The highest BCUT2D eigenvalue weighted by Crippen LogP contribution is 2.36. The Morgan fingerprint density at radius 3 is 2.62 bits per heavy atom. The Hall–Kier alpha value is -1.18. The van der Waals surface area contributed by atoms with E-state index in [9.17, 15) is 5.11 Å². The van der Waals surface area contributed by atoms with Crippen LogP contribution in [0.25, 0.3) is 11.1 Å². The van der Waals surface area contributed by atoms with Crippen LogP contribution in [-0.2, 0) is 0 Å². The fraction of sp³-hybridized carbons (Fsp3) is 0.0769. The molecule has 0 aliphatic rings. The molecule has 0 atom stereocenters. The van der Waals surface area contributed by atoms with Gasteiger partial charge in [-0.25, -0.2) is 0 Å². The largest absolute Gasteiger partial charge is 0.506 e. The van der Waals surface area contributed by atoms with E-state index in [-0.39, 0.29) is 5.75 Å². The fourth-order valence-electron chi connectivity index (χ4n) is 1.57. The Morgan fingerprint density at radius 1 is 1.19 bits per heavy atom. The Bertz CT molecular complexity index is 535. The first-order chi connectivity index (χ1) is 7.59. The SMILES string of the molecule is Cc1cc(Cl)ccc1-c1[c]ccc(O)c1Cl. The molecule has 81 valence electrons. The van der Waals surface area contributed by atoms with Crippen LogP contribution in [0.5, 0.6) is 5.75 Å². The molecule has 0 aromatic heterocycles. The van der Waals surface area contributed by atoms with Gasteiger partial charge >= 0.3 is 0 Å². The van der Waals surface area contributed by atoms with Crippen molar-refractivity contribution in [3.05, 3.63) is 52.0 Å². The molecule has 2 aromatic rings. The van der Waals surface area contributed by atoms with Crippen LogP contribution in [0.1, 0.15) is 5.56 Å². The van der Waals surface area contributed by atoms with E-state index >= 15 is 0 Å². The molecule has 3 heteroatoms. The number of halogens is 2. The van der Waals surface area contributed by atoms with Crippen molar-refractivity contribution in [2.24, 2.45) is 0 Å². The second kappa shape index (κ2) is 4.36. The van der Waals surface area contributed by atoms with Crippen molar-refractivity contribution in [3.8, 4) is 16.9 Å². The van der Waals surface area contributed by atoms with E-state index in [4.69, 9.17) is 23.2 Å². The van der Waals surface area contributed by atoms with Crippen LogP contribution < -0.4 is 0 Å². The smallest absolute Gasteiger partial charge is 0.134 e. The third-order valence-corrected chi connectivity index (χ3v) is 2.99. The lowest BCUT2D eigenvalue weighted by Crippen LogP contribution is -1.85. The predicted molar refractivity (Wildman–Crippen MR) is 67.1 cm³/mol. The third-order valence-electron chi connectivity index (χ3n) is 2.37. The van der Waals surface area contributed by atoms with Crippen LogP contribution >= 0.6 is 23.2 Å². The second-order valence-electron chi connectivity index (χ2n) is 3.51. The minimum Gasteiger partial charge on any atom is -0.506 e. The number of rotatable bonds is 1. The van der Waals surface area contributed by atoms with Gasteiger partial charge in [-0.3, -0.25) is 0 Å². The summed E-state index contributed by atoms with van der Waals surface area (Å²) in [5, 5.41) is 10.5. The normalized spacial score (nSPS) is 10.4. The molecule has 0 saturated carbocycles. The summed E-state index contributed by atoms with van der Waals surface area (Å²) in [5.74, 6) is 0.0600. The van der Waals surface area contributed by atoms with Crippen molar-refractivity contribution in [1.82, 2.24) is 0 Å². The summed E-state index contributed by atoms with van der Waals surface area (Å²) in [6, 6.07) is 11.7. The molecule has 0 aliphatic carbocycles. The van der Waals surface area contributed by atoms with Gasteiger partial charge in [0.15, 0.2) is 0 Å². The molecule has 0 heterocycles. The minimum atomic E-state index is 0.0600. The van der Waals surface area contributed by atoms with Crippen molar-refractivity contribution < 1.29 is 5.11 Å². The molecular weight excluding hydrogens is 243 g/mol. The molecule has 0 amide bonds. The quantitative estimate of drug-likeness (QED) is 0.793. The van der Waals surface area contributed by atoms with Gasteiger partial charge in [0.25, 0.3) is 0 Å². The number of phenolic OH excluding ortho intramolecular Hbond substituents is 1. The molecule has 2 aromatic carbocycles. The van der Waals surface area contributed by atoms with Gasteiger partial charge in [-0.1, -0.05) is 29.3 Å². The number of benzene rings is 2. The van der Waals surface area contributed by atoms with Gasteiger partial charge in [0.1, 0.15) is 5.75 Å². The number of aryl methyl sites for hydroxylation is 1. The average molecular weight is 252 g/mol. The van der Waals surface area contributed by atoms with E-state index in [1.165, 1.54) is 6.07 Å². The summed E-state index contributed by atoms with van der Waals surface area (Å²) in [7, 11) is 0. The van der Waals surface area contributed by atoms with Crippen molar-refractivity contribution in [3.63, 3.8) is 0 Å². The van der Waals surface area contributed by atoms with Gasteiger partial charge in [0.05, 0.1) is 5.02 Å². The monoisotopic (exact) mass is 251 g/mol. The van der Waals surface area contributed by atoms with Crippen LogP contribution in [0.3, 0.4) is 0 Å². The molecule has 0 saturated heterocycles. The van der Waals surface area contributed by atoms with Crippen LogP contribution in [0.2, 0.25) is 10.0 Å². The summed E-state index contributed by atoms with van der Waals surface area (Å²) in [4.78, 5) is 0. The highest BCUT2D eigenvalue weighted by molar-refractivity contribution is 6.35. The van der Waals surface area contributed by atoms with Gasteiger partial charge in [0, 0.05) is 10.6 Å². The maximum absolute atomic E-state index is 9.53. The van der Waals surface area contributed by atoms with E-state index in [2.05, 4.69) is 6.07 Å². The van der Waals surface area contributed by atoms with E-state index < -0.39 is 0 Å². The van der Waals surface area contributed by atoms with E-state index in [1.54, 1.807) is 12.1 Å². The van der Waals surface area contributed by atoms with Crippen molar-refractivity contribution in [2.75, 3.05) is 0 Å². The van der Waals surface area contributed by atoms with Crippen molar-refractivity contribution in [2.45, 2.75) is 6.92 Å². The molecule has 0 fully saturated rings.